The molecule has 0 radical (unpaired) electrons. The number of nitrogens with one attached hydrogen (secondary N) is 1. The van der Waals surface area contributed by atoms with Gasteiger partial charge in [0.1, 0.15) is 5.75 Å². The molecular formula is C25H30N2O3. The van der Waals surface area contributed by atoms with Crippen LogP contribution in [0.25, 0.3) is 0 Å². The third kappa shape index (κ3) is 5.57. The molecule has 2 N–H and O–H groups in total. The number of aliphatic carboxylic acids is 1. The Morgan fingerprint density at radius 2 is 1.77 bits per heavy atom. The zero-order valence-electron chi connectivity index (χ0n) is 17.6. The van der Waals surface area contributed by atoms with E-state index in [1.54, 1.807) is 6.08 Å². The summed E-state index contributed by atoms with van der Waals surface area (Å²) in [4.78, 5) is 16.7. The Bertz CT molecular complexity index is 878. The molecule has 0 amide bonds. The number of carbonyl (C=O) groups is 1. The standard InChI is InChI=1S/C25H30N2O3/c1-3-4-15-26-22-16-21(25(28)29)18(2)23(27-17-19-11-7-5-8-12-19)24(22)30-20-13-9-6-10-14-20/h5-14,16,18,23-24,27H,3-4,15,17H2,1-2H3,(H,28,29). The summed E-state index contributed by atoms with van der Waals surface area (Å²) in [5.41, 5.74) is 2.19. The normalized spacial score (nSPS) is 22.5. The largest absolute Gasteiger partial charge is 0.482 e. The SMILES string of the molecule is CCCCN=C1C=C(C(=O)O)C(C)C(NCc2ccccc2)C1Oc1ccccc1. The third-order valence-corrected chi connectivity index (χ3v) is 5.39. The quantitative estimate of drug-likeness (QED) is 0.602. The first-order valence-electron chi connectivity index (χ1n) is 10.6. The molecular weight excluding hydrogens is 376 g/mol. The zero-order chi connectivity index (χ0) is 21.3. The lowest BCUT2D eigenvalue weighted by Crippen LogP contribution is -2.54. The lowest BCUT2D eigenvalue weighted by atomic mass is 9.81. The lowest BCUT2D eigenvalue weighted by molar-refractivity contribution is -0.133. The number of nitrogens with zero attached hydrogens (tertiary/aromatic N) is 1. The van der Waals surface area contributed by atoms with Crippen molar-refractivity contribution >= 4 is 11.7 Å². The van der Waals surface area contributed by atoms with Gasteiger partial charge >= 0.3 is 5.97 Å². The van der Waals surface area contributed by atoms with Crippen LogP contribution in [-0.2, 0) is 11.3 Å². The highest BCUT2D eigenvalue weighted by molar-refractivity contribution is 6.06. The third-order valence-electron chi connectivity index (χ3n) is 5.39. The second kappa shape index (κ2) is 10.7. The number of para-hydroxylation sites is 1. The van der Waals surface area contributed by atoms with E-state index in [2.05, 4.69) is 24.4 Å². The van der Waals surface area contributed by atoms with E-state index >= 15 is 0 Å². The van der Waals surface area contributed by atoms with Crippen LogP contribution in [0.4, 0.5) is 0 Å². The van der Waals surface area contributed by atoms with Crippen molar-refractivity contribution in [2.24, 2.45) is 10.9 Å². The van der Waals surface area contributed by atoms with Gasteiger partial charge < -0.3 is 15.2 Å². The fourth-order valence-electron chi connectivity index (χ4n) is 3.67. The fourth-order valence-corrected chi connectivity index (χ4v) is 3.67. The van der Waals surface area contributed by atoms with Crippen LogP contribution in [0.1, 0.15) is 32.3 Å². The van der Waals surface area contributed by atoms with E-state index in [1.807, 2.05) is 55.5 Å². The minimum atomic E-state index is -0.907. The molecule has 1 aliphatic rings. The molecule has 158 valence electrons. The maximum absolute atomic E-state index is 11.9. The van der Waals surface area contributed by atoms with Gasteiger partial charge in [-0.2, -0.15) is 0 Å². The van der Waals surface area contributed by atoms with Gasteiger partial charge in [-0.05, 0) is 30.2 Å². The van der Waals surface area contributed by atoms with E-state index in [1.165, 1.54) is 0 Å². The van der Waals surface area contributed by atoms with Crippen LogP contribution in [0, 0.1) is 5.92 Å². The highest BCUT2D eigenvalue weighted by Crippen LogP contribution is 2.28. The predicted molar refractivity (Wildman–Crippen MR) is 120 cm³/mol. The number of hydrogen-bond donors (Lipinski definition) is 2. The molecule has 5 nitrogen and oxygen atoms in total. The summed E-state index contributed by atoms with van der Waals surface area (Å²) in [7, 11) is 0. The molecule has 3 atom stereocenters. The lowest BCUT2D eigenvalue weighted by Gasteiger charge is -2.37. The van der Waals surface area contributed by atoms with Crippen LogP contribution in [0.15, 0.2) is 77.3 Å². The van der Waals surface area contributed by atoms with Crippen molar-refractivity contribution in [2.45, 2.75) is 45.4 Å². The molecule has 0 saturated carbocycles. The molecule has 0 aromatic heterocycles. The van der Waals surface area contributed by atoms with Crippen LogP contribution in [0.5, 0.6) is 5.75 Å². The molecule has 2 aromatic rings. The van der Waals surface area contributed by atoms with Gasteiger partial charge in [0.05, 0.1) is 11.8 Å². The average Bonchev–Trinajstić information content (AvgIpc) is 2.76. The monoisotopic (exact) mass is 406 g/mol. The van der Waals surface area contributed by atoms with Gasteiger partial charge in [-0.25, -0.2) is 4.79 Å². The van der Waals surface area contributed by atoms with Crippen molar-refractivity contribution in [1.29, 1.82) is 0 Å². The molecule has 0 spiro atoms. The summed E-state index contributed by atoms with van der Waals surface area (Å²) in [6.45, 7) is 5.33. The highest BCUT2D eigenvalue weighted by Gasteiger charge is 2.39. The molecule has 30 heavy (non-hydrogen) atoms. The van der Waals surface area contributed by atoms with Crippen LogP contribution < -0.4 is 10.1 Å². The Balaban J connectivity index is 1.93. The maximum atomic E-state index is 11.9. The smallest absolute Gasteiger partial charge is 0.331 e. The second-order valence-corrected chi connectivity index (χ2v) is 7.60. The molecule has 5 heteroatoms. The Morgan fingerprint density at radius 1 is 1.10 bits per heavy atom. The number of carboxylic acids is 1. The van der Waals surface area contributed by atoms with Gasteiger partial charge in [-0.15, -0.1) is 0 Å². The molecule has 1 aliphatic carbocycles. The molecule has 3 rings (SSSR count). The number of benzene rings is 2. The molecule has 0 aliphatic heterocycles. The van der Waals surface area contributed by atoms with E-state index in [9.17, 15) is 9.90 Å². The fraction of sp³-hybridized carbons (Fsp3) is 0.360. The highest BCUT2D eigenvalue weighted by atomic mass is 16.5. The minimum Gasteiger partial charge on any atom is -0.482 e. The first-order valence-corrected chi connectivity index (χ1v) is 10.6. The minimum absolute atomic E-state index is 0.220. The topological polar surface area (TPSA) is 70.9 Å². The molecule has 0 saturated heterocycles. The van der Waals surface area contributed by atoms with Crippen molar-refractivity contribution in [1.82, 2.24) is 5.32 Å². The molecule has 2 aromatic carbocycles. The molecule has 3 unspecified atom stereocenters. The van der Waals surface area contributed by atoms with Crippen molar-refractivity contribution in [2.75, 3.05) is 6.54 Å². The molecule has 0 fully saturated rings. The Labute approximate surface area is 178 Å². The van der Waals surface area contributed by atoms with Crippen LogP contribution in [0.2, 0.25) is 0 Å². The first kappa shape index (κ1) is 21.8. The number of rotatable bonds is 9. The van der Waals surface area contributed by atoms with E-state index in [-0.39, 0.29) is 18.1 Å². The number of ether oxygens (including phenoxy) is 1. The van der Waals surface area contributed by atoms with Gasteiger partial charge in [0.15, 0.2) is 6.10 Å². The van der Waals surface area contributed by atoms with Crippen molar-refractivity contribution < 1.29 is 14.6 Å². The van der Waals surface area contributed by atoms with E-state index in [4.69, 9.17) is 9.73 Å². The summed E-state index contributed by atoms with van der Waals surface area (Å²) >= 11 is 0. The van der Waals surface area contributed by atoms with Gasteiger partial charge in [0.25, 0.3) is 0 Å². The van der Waals surface area contributed by atoms with Gasteiger partial charge in [0, 0.05) is 24.6 Å². The summed E-state index contributed by atoms with van der Waals surface area (Å²) in [5.74, 6) is -0.392. The van der Waals surface area contributed by atoms with Gasteiger partial charge in [-0.1, -0.05) is 68.8 Å². The van der Waals surface area contributed by atoms with Gasteiger partial charge in [0.2, 0.25) is 0 Å². The number of unbranched alkanes of at least 4 members (excludes halogenated alkanes) is 1. The van der Waals surface area contributed by atoms with Crippen LogP contribution >= 0.6 is 0 Å². The summed E-state index contributed by atoms with van der Waals surface area (Å²) < 4.78 is 6.37. The predicted octanol–water partition coefficient (Wildman–Crippen LogP) is 4.49. The van der Waals surface area contributed by atoms with Crippen LogP contribution in [-0.4, -0.2) is 35.5 Å². The summed E-state index contributed by atoms with van der Waals surface area (Å²) in [6, 6.07) is 19.5. The van der Waals surface area contributed by atoms with Crippen molar-refractivity contribution in [3.63, 3.8) is 0 Å². The summed E-state index contributed by atoms with van der Waals surface area (Å²) in [5, 5.41) is 13.3. The Kier molecular flexibility index (Phi) is 7.80. The van der Waals surface area contributed by atoms with Crippen molar-refractivity contribution in [3.05, 3.63) is 77.9 Å². The average molecular weight is 407 g/mol. The number of aliphatic imine (C=N–C) groups is 1. The van der Waals surface area contributed by atoms with Gasteiger partial charge in [-0.3, -0.25) is 4.99 Å². The second-order valence-electron chi connectivity index (χ2n) is 7.60. The van der Waals surface area contributed by atoms with E-state index in [0.29, 0.717) is 24.4 Å². The Hall–Kier alpha value is -2.92. The zero-order valence-corrected chi connectivity index (χ0v) is 17.6. The number of hydrogen-bond acceptors (Lipinski definition) is 4. The Morgan fingerprint density at radius 3 is 2.40 bits per heavy atom. The summed E-state index contributed by atoms with van der Waals surface area (Å²) in [6.07, 6.45) is 3.32. The van der Waals surface area contributed by atoms with Crippen LogP contribution in [0.3, 0.4) is 0 Å². The van der Waals surface area contributed by atoms with E-state index < -0.39 is 5.97 Å². The maximum Gasteiger partial charge on any atom is 0.331 e. The first-order chi connectivity index (χ1) is 14.6. The molecule has 0 bridgehead atoms. The van der Waals surface area contributed by atoms with E-state index in [0.717, 1.165) is 24.2 Å². The molecule has 0 heterocycles. The number of carboxylic acid groups (broad SMARTS) is 1. The van der Waals surface area contributed by atoms with Crippen molar-refractivity contribution in [3.8, 4) is 5.75 Å².